The van der Waals surface area contributed by atoms with Crippen LogP contribution in [0.1, 0.15) is 11.3 Å². The fourth-order valence-corrected chi connectivity index (χ4v) is 2.35. The summed E-state index contributed by atoms with van der Waals surface area (Å²) in [5.41, 5.74) is 2.01. The number of benzene rings is 1. The van der Waals surface area contributed by atoms with Gasteiger partial charge < -0.3 is 4.57 Å². The summed E-state index contributed by atoms with van der Waals surface area (Å²) in [6.07, 6.45) is 3.59. The van der Waals surface area contributed by atoms with Crippen molar-refractivity contribution in [2.24, 2.45) is 12.1 Å². The van der Waals surface area contributed by atoms with Gasteiger partial charge in [0.2, 0.25) is 4.77 Å². The molecule has 0 atom stereocenters. The fraction of sp³-hybridized carbons (Fsp3) is 0.143. The van der Waals surface area contributed by atoms with Crippen molar-refractivity contribution in [2.45, 2.75) is 6.92 Å². The van der Waals surface area contributed by atoms with Crippen LogP contribution in [0.4, 0.5) is 0 Å². The van der Waals surface area contributed by atoms with E-state index in [1.807, 2.05) is 42.1 Å². The maximum absolute atomic E-state index is 12.0. The lowest BCUT2D eigenvalue weighted by atomic mass is 10.2. The van der Waals surface area contributed by atoms with Crippen LogP contribution in [0.2, 0.25) is 0 Å². The normalized spacial score (nSPS) is 11.5. The minimum absolute atomic E-state index is 0.169. The molecule has 0 saturated heterocycles. The Balaban J connectivity index is 2.13. The summed E-state index contributed by atoms with van der Waals surface area (Å²) in [6, 6.07) is 7.99. The number of nitrogens with zero attached hydrogens (tertiary/aromatic N) is 4. The Morgan fingerprint density at radius 1 is 1.38 bits per heavy atom. The molecule has 3 rings (SSSR count). The zero-order valence-corrected chi connectivity index (χ0v) is 12.4. The van der Waals surface area contributed by atoms with Gasteiger partial charge in [-0.1, -0.05) is 18.2 Å². The van der Waals surface area contributed by atoms with Gasteiger partial charge in [-0.3, -0.25) is 9.89 Å². The summed E-state index contributed by atoms with van der Waals surface area (Å²) < 4.78 is 3.32. The van der Waals surface area contributed by atoms with Crippen LogP contribution in [-0.2, 0) is 7.05 Å². The SMILES string of the molecule is Cc1n[nH]c(=S)n(/N=C/c2cn(C)c3ccccc23)c1=O. The molecule has 1 aromatic carbocycles. The molecule has 0 aliphatic carbocycles. The van der Waals surface area contributed by atoms with Crippen molar-refractivity contribution in [1.29, 1.82) is 0 Å². The third-order valence-corrected chi connectivity index (χ3v) is 3.52. The van der Waals surface area contributed by atoms with Crippen molar-refractivity contribution in [3.8, 4) is 0 Å². The molecule has 0 aliphatic rings. The number of para-hydroxylation sites is 1. The van der Waals surface area contributed by atoms with Crippen LogP contribution in [0.15, 0.2) is 40.4 Å². The Labute approximate surface area is 125 Å². The number of fused-ring (bicyclic) bond motifs is 1. The molecule has 0 fully saturated rings. The number of aryl methyl sites for hydroxylation is 2. The number of nitrogens with one attached hydrogen (secondary N) is 1. The second kappa shape index (κ2) is 5.10. The highest BCUT2D eigenvalue weighted by molar-refractivity contribution is 7.71. The van der Waals surface area contributed by atoms with Crippen LogP contribution in [-0.4, -0.2) is 25.7 Å². The van der Waals surface area contributed by atoms with E-state index in [4.69, 9.17) is 12.2 Å². The topological polar surface area (TPSA) is 68.0 Å². The standard InChI is InChI=1S/C14H13N5OS/c1-9-13(20)19(14(21)17-16-9)15-7-10-8-18(2)12-6-4-3-5-11(10)12/h3-8H,1-2H3,(H,17,21)/b15-7+. The minimum Gasteiger partial charge on any atom is -0.350 e. The van der Waals surface area contributed by atoms with Gasteiger partial charge in [-0.2, -0.15) is 14.9 Å². The summed E-state index contributed by atoms with van der Waals surface area (Å²) >= 11 is 5.04. The number of aromatic nitrogens is 4. The lowest BCUT2D eigenvalue weighted by Gasteiger charge is -1.98. The van der Waals surface area contributed by atoms with E-state index in [9.17, 15) is 4.79 Å². The van der Waals surface area contributed by atoms with Crippen LogP contribution in [0.5, 0.6) is 0 Å². The van der Waals surface area contributed by atoms with Crippen LogP contribution in [0.25, 0.3) is 10.9 Å². The highest BCUT2D eigenvalue weighted by atomic mass is 32.1. The first kappa shape index (κ1) is 13.4. The van der Waals surface area contributed by atoms with Gasteiger partial charge in [0.25, 0.3) is 5.56 Å². The molecule has 0 radical (unpaired) electrons. The Hall–Kier alpha value is -2.54. The van der Waals surface area contributed by atoms with Crippen LogP contribution < -0.4 is 5.56 Å². The first-order valence-corrected chi connectivity index (χ1v) is 6.75. The van der Waals surface area contributed by atoms with Crippen LogP contribution in [0, 0.1) is 11.7 Å². The molecule has 0 aliphatic heterocycles. The first-order chi connectivity index (χ1) is 10.1. The first-order valence-electron chi connectivity index (χ1n) is 6.34. The maximum Gasteiger partial charge on any atom is 0.296 e. The van der Waals surface area contributed by atoms with Gasteiger partial charge in [-0.05, 0) is 25.2 Å². The van der Waals surface area contributed by atoms with E-state index in [1.54, 1.807) is 13.1 Å². The highest BCUT2D eigenvalue weighted by Crippen LogP contribution is 2.18. The van der Waals surface area contributed by atoms with Crippen LogP contribution in [0.3, 0.4) is 0 Å². The molecule has 106 valence electrons. The molecule has 0 saturated carbocycles. The minimum atomic E-state index is -0.324. The third-order valence-electron chi connectivity index (χ3n) is 3.25. The quantitative estimate of drug-likeness (QED) is 0.581. The summed E-state index contributed by atoms with van der Waals surface area (Å²) in [7, 11) is 1.97. The van der Waals surface area contributed by atoms with Crippen LogP contribution >= 0.6 is 12.2 Å². The molecule has 0 amide bonds. The van der Waals surface area contributed by atoms with Gasteiger partial charge in [-0.25, -0.2) is 0 Å². The average Bonchev–Trinajstić information content (AvgIpc) is 2.80. The van der Waals surface area contributed by atoms with Gasteiger partial charge in [0.1, 0.15) is 5.69 Å². The van der Waals surface area contributed by atoms with E-state index in [0.717, 1.165) is 21.1 Å². The van der Waals surface area contributed by atoms with E-state index < -0.39 is 0 Å². The van der Waals surface area contributed by atoms with Crippen molar-refractivity contribution < 1.29 is 0 Å². The summed E-state index contributed by atoms with van der Waals surface area (Å²) in [5.74, 6) is 0. The number of rotatable bonds is 2. The van der Waals surface area contributed by atoms with Crippen molar-refractivity contribution in [3.05, 3.63) is 56.8 Å². The predicted octanol–water partition coefficient (Wildman–Crippen LogP) is 1.98. The number of hydrogen-bond acceptors (Lipinski definition) is 4. The van der Waals surface area contributed by atoms with Gasteiger partial charge >= 0.3 is 0 Å². The van der Waals surface area contributed by atoms with Gasteiger partial charge in [0, 0.05) is 29.7 Å². The number of aromatic amines is 1. The number of H-pyrrole nitrogens is 1. The van der Waals surface area contributed by atoms with Gasteiger partial charge in [0.15, 0.2) is 0 Å². The molecule has 0 unspecified atom stereocenters. The van der Waals surface area contributed by atoms with E-state index in [1.165, 1.54) is 0 Å². The lowest BCUT2D eigenvalue weighted by molar-refractivity contribution is 0.720. The molecular weight excluding hydrogens is 286 g/mol. The average molecular weight is 299 g/mol. The molecule has 7 heteroatoms. The van der Waals surface area contributed by atoms with Crippen molar-refractivity contribution in [1.82, 2.24) is 19.4 Å². The van der Waals surface area contributed by atoms with Crippen molar-refractivity contribution >= 4 is 29.3 Å². The smallest absolute Gasteiger partial charge is 0.296 e. The highest BCUT2D eigenvalue weighted by Gasteiger charge is 2.05. The van der Waals surface area contributed by atoms with E-state index in [-0.39, 0.29) is 10.3 Å². The van der Waals surface area contributed by atoms with Gasteiger partial charge in [-0.15, -0.1) is 0 Å². The second-order valence-corrected chi connectivity index (χ2v) is 5.07. The molecule has 2 heterocycles. The fourth-order valence-electron chi connectivity index (χ4n) is 2.17. The number of hydrogen-bond donors (Lipinski definition) is 1. The van der Waals surface area contributed by atoms with E-state index in [2.05, 4.69) is 15.3 Å². The molecule has 0 bridgehead atoms. The molecule has 2 aromatic heterocycles. The Morgan fingerprint density at radius 2 is 2.14 bits per heavy atom. The predicted molar refractivity (Wildman–Crippen MR) is 84.3 cm³/mol. The molecule has 21 heavy (non-hydrogen) atoms. The molecule has 1 N–H and O–H groups in total. The van der Waals surface area contributed by atoms with E-state index in [0.29, 0.717) is 5.69 Å². The van der Waals surface area contributed by atoms with Crippen molar-refractivity contribution in [2.75, 3.05) is 0 Å². The van der Waals surface area contributed by atoms with Gasteiger partial charge in [0.05, 0.1) is 6.21 Å². The molecule has 6 nitrogen and oxygen atoms in total. The Kier molecular flexibility index (Phi) is 3.26. The monoisotopic (exact) mass is 299 g/mol. The summed E-state index contributed by atoms with van der Waals surface area (Å²) in [6.45, 7) is 1.61. The maximum atomic E-state index is 12.0. The zero-order chi connectivity index (χ0) is 15.0. The lowest BCUT2D eigenvalue weighted by Crippen LogP contribution is -2.22. The zero-order valence-electron chi connectivity index (χ0n) is 11.6. The largest absolute Gasteiger partial charge is 0.350 e. The molecular formula is C14H13N5OS. The molecule has 3 aromatic rings. The van der Waals surface area contributed by atoms with Crippen molar-refractivity contribution in [3.63, 3.8) is 0 Å². The summed E-state index contributed by atoms with van der Waals surface area (Å²) in [5, 5.41) is 11.7. The van der Waals surface area contributed by atoms with E-state index >= 15 is 0 Å². The second-order valence-electron chi connectivity index (χ2n) is 4.69. The molecule has 0 spiro atoms. The Morgan fingerprint density at radius 3 is 2.95 bits per heavy atom. The third kappa shape index (κ3) is 2.31. The Bertz CT molecular complexity index is 963. The summed E-state index contributed by atoms with van der Waals surface area (Å²) in [4.78, 5) is 12.0.